The van der Waals surface area contributed by atoms with Crippen molar-refractivity contribution in [2.45, 2.75) is 64.2 Å². The van der Waals surface area contributed by atoms with Crippen molar-refractivity contribution in [3.05, 3.63) is 33.9 Å². The second-order valence-electron chi connectivity index (χ2n) is 9.15. The van der Waals surface area contributed by atoms with Crippen LogP contribution in [0.3, 0.4) is 0 Å². The fourth-order valence-electron chi connectivity index (χ4n) is 6.31. The number of carbonyl (C=O) groups is 2. The number of esters is 2. The van der Waals surface area contributed by atoms with E-state index >= 15 is 0 Å². The van der Waals surface area contributed by atoms with Crippen LogP contribution < -0.4 is 0 Å². The van der Waals surface area contributed by atoms with Gasteiger partial charge >= 0.3 is 11.9 Å². The Morgan fingerprint density at radius 3 is 2.44 bits per heavy atom. The minimum Gasteiger partial charge on any atom is -0.468 e. The van der Waals surface area contributed by atoms with Gasteiger partial charge in [-0.25, -0.2) is 0 Å². The average molecular weight is 368 g/mol. The molecule has 2 saturated carbocycles. The van der Waals surface area contributed by atoms with E-state index in [0.717, 1.165) is 6.42 Å². The molecular formula is C23H28O4. The van der Waals surface area contributed by atoms with Crippen LogP contribution >= 0.6 is 0 Å². The Balaban J connectivity index is 1.63. The molecule has 1 unspecified atom stereocenters. The van der Waals surface area contributed by atoms with Gasteiger partial charge in [0.25, 0.3) is 0 Å². The summed E-state index contributed by atoms with van der Waals surface area (Å²) >= 11 is 0. The predicted octanol–water partition coefficient (Wildman–Crippen LogP) is 4.41. The van der Waals surface area contributed by atoms with E-state index in [-0.39, 0.29) is 5.41 Å². The molecule has 5 aliphatic carbocycles. The molecule has 0 aromatic heterocycles. The third-order valence-corrected chi connectivity index (χ3v) is 7.79. The molecule has 0 bridgehead atoms. The van der Waals surface area contributed by atoms with E-state index in [2.05, 4.69) is 6.08 Å². The van der Waals surface area contributed by atoms with Crippen molar-refractivity contribution in [2.24, 2.45) is 16.7 Å². The summed E-state index contributed by atoms with van der Waals surface area (Å²) in [4.78, 5) is 25.4. The number of fused-ring (bicyclic) bond motifs is 4. The van der Waals surface area contributed by atoms with Gasteiger partial charge in [0.2, 0.25) is 0 Å². The number of methoxy groups -OCH3 is 2. The molecule has 0 aliphatic heterocycles. The molecule has 0 heterocycles. The summed E-state index contributed by atoms with van der Waals surface area (Å²) in [5.74, 6) is -0.229. The van der Waals surface area contributed by atoms with Crippen molar-refractivity contribution in [3.8, 4) is 0 Å². The standard InChI is InChI=1S/C23H28O4/c1-26-20(24)23(21(25)27-2)12-15-11-22(9-10-22)18-8-7-14-5-3-4-6-16(14)19(18)17(15)13-23/h8,14H,3-7,9-13H2,1-2H3. The Bertz CT molecular complexity index is 805. The molecule has 1 atom stereocenters. The highest BCUT2D eigenvalue weighted by molar-refractivity contribution is 6.02. The van der Waals surface area contributed by atoms with Crippen LogP contribution in [0.2, 0.25) is 0 Å². The minimum absolute atomic E-state index is 0.284. The Labute approximate surface area is 160 Å². The molecule has 2 fully saturated rings. The Hall–Kier alpha value is -1.84. The van der Waals surface area contributed by atoms with Gasteiger partial charge in [0.05, 0.1) is 14.2 Å². The number of ether oxygens (including phenoxy) is 2. The van der Waals surface area contributed by atoms with Gasteiger partial charge in [-0.2, -0.15) is 0 Å². The van der Waals surface area contributed by atoms with Gasteiger partial charge in [-0.1, -0.05) is 23.6 Å². The molecule has 5 aliphatic rings. The summed E-state index contributed by atoms with van der Waals surface area (Å²) in [7, 11) is 2.75. The molecule has 4 heteroatoms. The molecule has 0 aromatic rings. The molecule has 0 N–H and O–H groups in total. The lowest BCUT2D eigenvalue weighted by Crippen LogP contribution is -2.39. The number of carbonyl (C=O) groups excluding carboxylic acids is 2. The van der Waals surface area contributed by atoms with Crippen LogP contribution in [0.1, 0.15) is 64.2 Å². The van der Waals surface area contributed by atoms with E-state index in [1.165, 1.54) is 75.9 Å². The molecule has 0 aromatic carbocycles. The van der Waals surface area contributed by atoms with Crippen LogP contribution in [0.4, 0.5) is 0 Å². The van der Waals surface area contributed by atoms with Gasteiger partial charge in [0, 0.05) is 6.42 Å². The highest BCUT2D eigenvalue weighted by Gasteiger charge is 2.60. The normalized spacial score (nSPS) is 29.6. The van der Waals surface area contributed by atoms with Crippen LogP contribution in [0.5, 0.6) is 0 Å². The largest absolute Gasteiger partial charge is 0.468 e. The van der Waals surface area contributed by atoms with Crippen LogP contribution in [-0.4, -0.2) is 26.2 Å². The highest BCUT2D eigenvalue weighted by Crippen LogP contribution is 2.68. The molecule has 144 valence electrons. The van der Waals surface area contributed by atoms with E-state index < -0.39 is 17.4 Å². The van der Waals surface area contributed by atoms with Crippen LogP contribution in [0, 0.1) is 16.7 Å². The first-order valence-electron chi connectivity index (χ1n) is 10.4. The summed E-state index contributed by atoms with van der Waals surface area (Å²) in [5.41, 5.74) is 6.29. The maximum Gasteiger partial charge on any atom is 0.323 e. The topological polar surface area (TPSA) is 52.6 Å². The molecule has 0 saturated heterocycles. The molecule has 5 rings (SSSR count). The van der Waals surface area contributed by atoms with Crippen molar-refractivity contribution in [2.75, 3.05) is 14.2 Å². The first kappa shape index (κ1) is 17.3. The molecule has 1 spiro atoms. The minimum atomic E-state index is -1.19. The Morgan fingerprint density at radius 1 is 1.04 bits per heavy atom. The summed E-state index contributed by atoms with van der Waals surface area (Å²) in [6, 6.07) is 0. The second-order valence-corrected chi connectivity index (χ2v) is 9.15. The van der Waals surface area contributed by atoms with Crippen molar-refractivity contribution in [1.82, 2.24) is 0 Å². The van der Waals surface area contributed by atoms with Gasteiger partial charge in [-0.05, 0) is 79.4 Å². The predicted molar refractivity (Wildman–Crippen MR) is 101 cm³/mol. The van der Waals surface area contributed by atoms with Crippen molar-refractivity contribution in [3.63, 3.8) is 0 Å². The van der Waals surface area contributed by atoms with E-state index in [1.54, 1.807) is 11.1 Å². The van der Waals surface area contributed by atoms with Crippen LogP contribution in [-0.2, 0) is 19.1 Å². The third kappa shape index (κ3) is 2.28. The zero-order valence-corrected chi connectivity index (χ0v) is 16.4. The van der Waals surface area contributed by atoms with Gasteiger partial charge in [0.1, 0.15) is 0 Å². The molecule has 0 amide bonds. The summed E-state index contributed by atoms with van der Waals surface area (Å²) in [6.07, 6.45) is 13.1. The number of rotatable bonds is 2. The van der Waals surface area contributed by atoms with Crippen molar-refractivity contribution < 1.29 is 19.1 Å². The Kier molecular flexibility index (Phi) is 3.73. The summed E-state index contributed by atoms with van der Waals surface area (Å²) in [6.45, 7) is 0. The molecule has 4 nitrogen and oxygen atoms in total. The average Bonchev–Trinajstić information content (AvgIpc) is 3.36. The zero-order chi connectivity index (χ0) is 18.8. The molecule has 0 radical (unpaired) electrons. The van der Waals surface area contributed by atoms with Crippen LogP contribution in [0.15, 0.2) is 33.9 Å². The molecule has 27 heavy (non-hydrogen) atoms. The number of hydrogen-bond acceptors (Lipinski definition) is 4. The molecular weight excluding hydrogens is 340 g/mol. The number of allylic oxidation sites excluding steroid dienone is 6. The number of hydrogen-bond donors (Lipinski definition) is 0. The summed E-state index contributed by atoms with van der Waals surface area (Å²) < 4.78 is 10.2. The van der Waals surface area contributed by atoms with Gasteiger partial charge in [0.15, 0.2) is 5.41 Å². The second kappa shape index (κ2) is 5.83. The van der Waals surface area contributed by atoms with Gasteiger partial charge in [-0.3, -0.25) is 9.59 Å². The maximum atomic E-state index is 12.7. The first-order chi connectivity index (χ1) is 13.0. The lowest BCUT2D eigenvalue weighted by molar-refractivity contribution is -0.168. The lowest BCUT2D eigenvalue weighted by atomic mass is 9.65. The van der Waals surface area contributed by atoms with Crippen LogP contribution in [0.25, 0.3) is 0 Å². The Morgan fingerprint density at radius 2 is 1.78 bits per heavy atom. The first-order valence-corrected chi connectivity index (χ1v) is 10.4. The third-order valence-electron chi connectivity index (χ3n) is 7.79. The fraction of sp³-hybridized carbons (Fsp3) is 0.652. The summed E-state index contributed by atoms with van der Waals surface area (Å²) in [5, 5.41) is 0. The van der Waals surface area contributed by atoms with Crippen molar-refractivity contribution in [1.29, 1.82) is 0 Å². The maximum absolute atomic E-state index is 12.7. The zero-order valence-electron chi connectivity index (χ0n) is 16.4. The van der Waals surface area contributed by atoms with E-state index in [4.69, 9.17) is 9.47 Å². The monoisotopic (exact) mass is 368 g/mol. The SMILES string of the molecule is COC(=O)C1(C(=O)OC)CC2=C(C1)C1=C3CCCCC3CC=C1C1(CC1)C2. The smallest absolute Gasteiger partial charge is 0.323 e. The quantitative estimate of drug-likeness (QED) is 0.535. The van der Waals surface area contributed by atoms with E-state index in [1.807, 2.05) is 0 Å². The van der Waals surface area contributed by atoms with E-state index in [9.17, 15) is 9.59 Å². The lowest BCUT2D eigenvalue weighted by Gasteiger charge is -2.39. The highest BCUT2D eigenvalue weighted by atomic mass is 16.5. The van der Waals surface area contributed by atoms with Crippen molar-refractivity contribution >= 4 is 11.9 Å². The fourth-order valence-corrected chi connectivity index (χ4v) is 6.31. The van der Waals surface area contributed by atoms with Gasteiger partial charge < -0.3 is 9.47 Å². The van der Waals surface area contributed by atoms with E-state index in [0.29, 0.717) is 18.8 Å². The van der Waals surface area contributed by atoms with Gasteiger partial charge in [-0.15, -0.1) is 0 Å².